The highest BCUT2D eigenvalue weighted by molar-refractivity contribution is 6.06. The molecule has 5 heteroatoms. The van der Waals surface area contributed by atoms with Gasteiger partial charge in [-0.3, -0.25) is 9.78 Å². The van der Waals surface area contributed by atoms with Crippen molar-refractivity contribution < 1.29 is 14.7 Å². The van der Waals surface area contributed by atoms with Gasteiger partial charge in [0.1, 0.15) is 6.04 Å². The van der Waals surface area contributed by atoms with Crippen LogP contribution < -0.4 is 5.32 Å². The molecule has 0 aliphatic carbocycles. The predicted octanol–water partition coefficient (Wildman–Crippen LogP) is 2.97. The van der Waals surface area contributed by atoms with E-state index in [1.165, 1.54) is 0 Å². The minimum absolute atomic E-state index is 0.233. The first-order valence-electron chi connectivity index (χ1n) is 7.98. The van der Waals surface area contributed by atoms with Crippen LogP contribution in [0.3, 0.4) is 0 Å². The number of rotatable bonds is 5. The molecule has 0 radical (unpaired) electrons. The molecule has 1 aromatic heterocycles. The molecule has 0 bridgehead atoms. The van der Waals surface area contributed by atoms with E-state index in [-0.39, 0.29) is 6.42 Å². The van der Waals surface area contributed by atoms with E-state index in [1.54, 1.807) is 18.3 Å². The summed E-state index contributed by atoms with van der Waals surface area (Å²) in [5.74, 6) is -1.48. The van der Waals surface area contributed by atoms with Gasteiger partial charge < -0.3 is 10.4 Å². The third kappa shape index (κ3) is 3.66. The van der Waals surface area contributed by atoms with E-state index in [9.17, 15) is 14.7 Å². The van der Waals surface area contributed by atoms with Crippen LogP contribution in [0.4, 0.5) is 0 Å². The van der Waals surface area contributed by atoms with Crippen LogP contribution in [0.25, 0.3) is 10.9 Å². The molecule has 0 unspecified atom stereocenters. The highest BCUT2D eigenvalue weighted by Crippen LogP contribution is 2.17. The first-order valence-corrected chi connectivity index (χ1v) is 7.98. The summed E-state index contributed by atoms with van der Waals surface area (Å²) in [7, 11) is 0. The summed E-state index contributed by atoms with van der Waals surface area (Å²) in [4.78, 5) is 28.5. The molecule has 0 saturated heterocycles. The zero-order valence-electron chi connectivity index (χ0n) is 13.8. The average Bonchev–Trinajstić information content (AvgIpc) is 2.62. The van der Waals surface area contributed by atoms with Crippen molar-refractivity contribution in [1.82, 2.24) is 10.3 Å². The van der Waals surface area contributed by atoms with Crippen molar-refractivity contribution in [1.29, 1.82) is 0 Å². The van der Waals surface area contributed by atoms with Gasteiger partial charge in [0.25, 0.3) is 5.91 Å². The number of hydrogen-bond acceptors (Lipinski definition) is 3. The first-order chi connectivity index (χ1) is 12.1. The van der Waals surface area contributed by atoms with Crippen LogP contribution in [0, 0.1) is 6.92 Å². The van der Waals surface area contributed by atoms with Crippen LogP contribution in [-0.4, -0.2) is 28.0 Å². The normalized spacial score (nSPS) is 11.9. The molecule has 0 aliphatic heterocycles. The number of carbonyl (C=O) groups is 2. The molecule has 0 saturated carbocycles. The number of nitrogens with zero attached hydrogens (tertiary/aromatic N) is 1. The smallest absolute Gasteiger partial charge is 0.326 e. The van der Waals surface area contributed by atoms with Crippen LogP contribution in [0.1, 0.15) is 21.5 Å². The number of amides is 1. The lowest BCUT2D eigenvalue weighted by molar-refractivity contribution is -0.139. The van der Waals surface area contributed by atoms with Crippen LogP contribution in [-0.2, 0) is 11.2 Å². The third-order valence-corrected chi connectivity index (χ3v) is 4.18. The fourth-order valence-corrected chi connectivity index (χ4v) is 2.79. The van der Waals surface area contributed by atoms with Gasteiger partial charge in [-0.1, -0.05) is 42.5 Å². The zero-order valence-corrected chi connectivity index (χ0v) is 13.8. The van der Waals surface area contributed by atoms with Crippen molar-refractivity contribution in [3.05, 3.63) is 77.5 Å². The third-order valence-electron chi connectivity index (χ3n) is 4.18. The Morgan fingerprint density at radius 1 is 1.08 bits per heavy atom. The second-order valence-electron chi connectivity index (χ2n) is 5.87. The summed E-state index contributed by atoms with van der Waals surface area (Å²) >= 11 is 0. The van der Waals surface area contributed by atoms with Gasteiger partial charge >= 0.3 is 5.97 Å². The Labute approximate surface area is 145 Å². The number of aromatic nitrogens is 1. The Morgan fingerprint density at radius 3 is 2.56 bits per heavy atom. The van der Waals surface area contributed by atoms with Crippen molar-refractivity contribution in [3.63, 3.8) is 0 Å². The second-order valence-corrected chi connectivity index (χ2v) is 5.87. The Balaban J connectivity index is 1.86. The Bertz CT molecular complexity index is 932. The lowest BCUT2D eigenvalue weighted by Crippen LogP contribution is -2.42. The SMILES string of the molecule is Cc1ccccc1C[C@H](NC(=O)c1ccnc2ccccc12)C(=O)O. The van der Waals surface area contributed by atoms with Crippen LogP contribution >= 0.6 is 0 Å². The van der Waals surface area contributed by atoms with Crippen LogP contribution in [0.5, 0.6) is 0 Å². The Hall–Kier alpha value is -3.21. The molecule has 3 aromatic rings. The molecular weight excluding hydrogens is 316 g/mol. The summed E-state index contributed by atoms with van der Waals surface area (Å²) in [6.45, 7) is 1.92. The molecule has 0 spiro atoms. The van der Waals surface area contributed by atoms with E-state index in [1.807, 2.05) is 49.4 Å². The summed E-state index contributed by atoms with van der Waals surface area (Å²) in [6, 6.07) is 15.4. The summed E-state index contributed by atoms with van der Waals surface area (Å²) in [5.41, 5.74) is 3.01. The maximum Gasteiger partial charge on any atom is 0.326 e. The molecule has 126 valence electrons. The highest BCUT2D eigenvalue weighted by atomic mass is 16.4. The number of carbonyl (C=O) groups excluding carboxylic acids is 1. The maximum absolute atomic E-state index is 12.6. The number of para-hydroxylation sites is 1. The van der Waals surface area contributed by atoms with Gasteiger partial charge in [0.05, 0.1) is 11.1 Å². The minimum Gasteiger partial charge on any atom is -0.480 e. The molecule has 1 heterocycles. The number of fused-ring (bicyclic) bond motifs is 1. The highest BCUT2D eigenvalue weighted by Gasteiger charge is 2.22. The standard InChI is InChI=1S/C20H18N2O3/c1-13-6-2-3-7-14(13)12-18(20(24)25)22-19(23)16-10-11-21-17-9-5-4-8-15(16)17/h2-11,18H,12H2,1H3,(H,22,23)(H,24,25)/t18-/m0/s1. The number of carboxylic acids is 1. The lowest BCUT2D eigenvalue weighted by atomic mass is 10.0. The van der Waals surface area contributed by atoms with Crippen molar-refractivity contribution in [2.24, 2.45) is 0 Å². The van der Waals surface area contributed by atoms with Crippen molar-refractivity contribution >= 4 is 22.8 Å². The fraction of sp³-hybridized carbons (Fsp3) is 0.150. The van der Waals surface area contributed by atoms with Gasteiger partial charge in [0.15, 0.2) is 0 Å². The number of hydrogen-bond donors (Lipinski definition) is 2. The maximum atomic E-state index is 12.6. The first kappa shape index (κ1) is 16.6. The van der Waals surface area contributed by atoms with Gasteiger partial charge in [-0.15, -0.1) is 0 Å². The minimum atomic E-state index is -1.06. The van der Waals surface area contributed by atoms with Gasteiger partial charge in [-0.25, -0.2) is 4.79 Å². The molecule has 2 N–H and O–H groups in total. The summed E-state index contributed by atoms with van der Waals surface area (Å²) < 4.78 is 0. The van der Waals surface area contributed by atoms with Gasteiger partial charge in [-0.2, -0.15) is 0 Å². The van der Waals surface area contributed by atoms with Crippen molar-refractivity contribution in [2.45, 2.75) is 19.4 Å². The van der Waals surface area contributed by atoms with E-state index in [0.29, 0.717) is 16.5 Å². The number of aryl methyl sites for hydroxylation is 1. The average molecular weight is 334 g/mol. The number of aliphatic carboxylic acids is 1. The van der Waals surface area contributed by atoms with Crippen LogP contribution in [0.15, 0.2) is 60.8 Å². The number of pyridine rings is 1. The molecule has 0 fully saturated rings. The van der Waals surface area contributed by atoms with E-state index in [4.69, 9.17) is 0 Å². The number of benzene rings is 2. The summed E-state index contributed by atoms with van der Waals surface area (Å²) in [5, 5.41) is 12.8. The van der Waals surface area contributed by atoms with Gasteiger partial charge in [0, 0.05) is 18.0 Å². The van der Waals surface area contributed by atoms with Crippen molar-refractivity contribution in [2.75, 3.05) is 0 Å². The largest absolute Gasteiger partial charge is 0.480 e. The number of nitrogens with one attached hydrogen (secondary N) is 1. The van der Waals surface area contributed by atoms with Crippen molar-refractivity contribution in [3.8, 4) is 0 Å². The fourth-order valence-electron chi connectivity index (χ4n) is 2.79. The number of carboxylic acid groups (broad SMARTS) is 1. The molecule has 0 aliphatic rings. The van der Waals surface area contributed by atoms with E-state index in [2.05, 4.69) is 10.3 Å². The Morgan fingerprint density at radius 2 is 1.80 bits per heavy atom. The van der Waals surface area contributed by atoms with E-state index in [0.717, 1.165) is 11.1 Å². The van der Waals surface area contributed by atoms with Gasteiger partial charge in [0.2, 0.25) is 0 Å². The molecular formula is C20H18N2O3. The molecule has 1 amide bonds. The molecule has 2 aromatic carbocycles. The molecule has 3 rings (SSSR count). The zero-order chi connectivity index (χ0) is 17.8. The van der Waals surface area contributed by atoms with Gasteiger partial charge in [-0.05, 0) is 30.2 Å². The molecule has 25 heavy (non-hydrogen) atoms. The quantitative estimate of drug-likeness (QED) is 0.752. The molecule has 5 nitrogen and oxygen atoms in total. The molecule has 1 atom stereocenters. The van der Waals surface area contributed by atoms with E-state index >= 15 is 0 Å². The van der Waals surface area contributed by atoms with Crippen LogP contribution in [0.2, 0.25) is 0 Å². The topological polar surface area (TPSA) is 79.3 Å². The lowest BCUT2D eigenvalue weighted by Gasteiger charge is -2.16. The predicted molar refractivity (Wildman–Crippen MR) is 95.5 cm³/mol. The van der Waals surface area contributed by atoms with E-state index < -0.39 is 17.9 Å². The Kier molecular flexibility index (Phi) is 4.75. The second kappa shape index (κ2) is 7.13. The monoisotopic (exact) mass is 334 g/mol. The summed E-state index contributed by atoms with van der Waals surface area (Å²) in [6.07, 6.45) is 1.78.